The molecular formula is C20H14N6OS. The molecule has 0 saturated heterocycles. The lowest BCUT2D eigenvalue weighted by molar-refractivity contribution is 0.414. The molecular weight excluding hydrogens is 372 g/mol. The highest BCUT2D eigenvalue weighted by Crippen LogP contribution is 2.42. The van der Waals surface area contributed by atoms with Crippen LogP contribution in [0.15, 0.2) is 53.7 Å². The van der Waals surface area contributed by atoms with Gasteiger partial charge in [-0.15, -0.1) is 0 Å². The largest absolute Gasteiger partial charge is 0.497 e. The maximum Gasteiger partial charge on any atom is 0.276 e. The second-order valence-electron chi connectivity index (χ2n) is 6.43. The van der Waals surface area contributed by atoms with Crippen LogP contribution in [0.25, 0.3) is 15.9 Å². The van der Waals surface area contributed by atoms with Crippen molar-refractivity contribution in [3.63, 3.8) is 0 Å². The van der Waals surface area contributed by atoms with Gasteiger partial charge in [0, 0.05) is 11.1 Å². The predicted octanol–water partition coefficient (Wildman–Crippen LogP) is 3.98. The lowest BCUT2D eigenvalue weighted by atomic mass is 9.80. The average Bonchev–Trinajstić information content (AvgIpc) is 3.41. The molecule has 0 radical (unpaired) electrons. The number of methoxy groups -OCH3 is 1. The molecule has 2 unspecified atom stereocenters. The smallest absolute Gasteiger partial charge is 0.276 e. The second-order valence-corrected chi connectivity index (χ2v) is 6.96. The molecule has 8 heteroatoms. The van der Waals surface area contributed by atoms with E-state index in [-0.39, 0.29) is 5.92 Å². The minimum absolute atomic E-state index is 0.238. The van der Waals surface area contributed by atoms with Crippen LogP contribution in [-0.2, 0) is 0 Å². The number of aromatic amines is 1. The van der Waals surface area contributed by atoms with E-state index in [4.69, 9.17) is 16.3 Å². The monoisotopic (exact) mass is 386 g/mol. The van der Waals surface area contributed by atoms with Gasteiger partial charge in [0.2, 0.25) is 0 Å². The van der Waals surface area contributed by atoms with Crippen molar-refractivity contribution >= 4 is 34.3 Å². The van der Waals surface area contributed by atoms with Crippen molar-refractivity contribution in [3.05, 3.63) is 76.8 Å². The van der Waals surface area contributed by atoms with E-state index in [0.717, 1.165) is 33.5 Å². The molecule has 7 nitrogen and oxygen atoms in total. The Morgan fingerprint density at radius 2 is 2.04 bits per heavy atom. The number of nitrogens with zero attached hydrogens (tertiary/aromatic N) is 5. The van der Waals surface area contributed by atoms with Gasteiger partial charge in [-0.3, -0.25) is 5.10 Å². The summed E-state index contributed by atoms with van der Waals surface area (Å²) in [6.45, 7) is 7.97. The minimum atomic E-state index is -0.510. The molecule has 136 valence electrons. The molecule has 2 aromatic heterocycles. The fraction of sp³-hybridized carbons (Fsp3) is 0.150. The van der Waals surface area contributed by atoms with Crippen LogP contribution in [0.3, 0.4) is 0 Å². The first-order valence-electron chi connectivity index (χ1n) is 8.64. The second kappa shape index (κ2) is 6.55. The molecule has 5 rings (SSSR count). The van der Waals surface area contributed by atoms with E-state index in [2.05, 4.69) is 23.8 Å². The van der Waals surface area contributed by atoms with Crippen molar-refractivity contribution in [3.8, 4) is 5.75 Å². The van der Waals surface area contributed by atoms with E-state index in [9.17, 15) is 0 Å². The van der Waals surface area contributed by atoms with Crippen molar-refractivity contribution in [1.82, 2.24) is 18.9 Å². The number of benzene rings is 2. The van der Waals surface area contributed by atoms with Crippen molar-refractivity contribution in [1.29, 1.82) is 0 Å². The van der Waals surface area contributed by atoms with Crippen molar-refractivity contribution in [2.24, 2.45) is 4.99 Å². The Kier molecular flexibility index (Phi) is 3.88. The fourth-order valence-corrected chi connectivity index (χ4v) is 4.25. The molecule has 0 saturated carbocycles. The van der Waals surface area contributed by atoms with E-state index >= 15 is 0 Å². The molecule has 0 spiro atoms. The number of nitrogens with one attached hydrogen (secondary N) is 1. The van der Waals surface area contributed by atoms with Gasteiger partial charge in [0.1, 0.15) is 22.5 Å². The van der Waals surface area contributed by atoms with Crippen molar-refractivity contribution < 1.29 is 4.74 Å². The third kappa shape index (κ3) is 2.48. The Balaban J connectivity index is 1.74. The third-order valence-corrected chi connectivity index (χ3v) is 5.51. The van der Waals surface area contributed by atoms with Crippen LogP contribution in [0.4, 0.5) is 5.82 Å². The summed E-state index contributed by atoms with van der Waals surface area (Å²) >= 11 is 1.18. The number of ether oxygens (including phenoxy) is 1. The number of H-pyrrole nitrogens is 1. The highest BCUT2D eigenvalue weighted by Gasteiger charge is 2.42. The van der Waals surface area contributed by atoms with Gasteiger partial charge in [0.05, 0.1) is 31.0 Å². The first kappa shape index (κ1) is 16.6. The summed E-state index contributed by atoms with van der Waals surface area (Å²) in [4.78, 5) is 8.72. The lowest BCUT2D eigenvalue weighted by Gasteiger charge is -2.24. The lowest BCUT2D eigenvalue weighted by Crippen LogP contribution is -2.29. The van der Waals surface area contributed by atoms with E-state index in [1.807, 2.05) is 42.5 Å². The normalized spacial score (nSPS) is 18.4. The first-order chi connectivity index (χ1) is 13.8. The van der Waals surface area contributed by atoms with Gasteiger partial charge in [-0.1, -0.05) is 24.3 Å². The van der Waals surface area contributed by atoms with Crippen molar-refractivity contribution in [2.45, 2.75) is 12.0 Å². The zero-order valence-electron chi connectivity index (χ0n) is 14.8. The number of rotatable bonds is 3. The number of hydrogen-bond acceptors (Lipinski definition) is 6. The van der Waals surface area contributed by atoms with E-state index < -0.39 is 6.04 Å². The molecule has 28 heavy (non-hydrogen) atoms. The molecule has 2 aromatic carbocycles. The van der Waals surface area contributed by atoms with Gasteiger partial charge < -0.3 is 9.58 Å². The fourth-order valence-electron chi connectivity index (χ4n) is 3.69. The highest BCUT2D eigenvalue weighted by molar-refractivity contribution is 7.00. The predicted molar refractivity (Wildman–Crippen MR) is 107 cm³/mol. The van der Waals surface area contributed by atoms with E-state index in [1.165, 1.54) is 11.7 Å². The maximum absolute atomic E-state index is 7.97. The molecule has 0 amide bonds. The molecule has 1 aliphatic heterocycles. The number of aromatic nitrogens is 4. The molecule has 0 bridgehead atoms. The van der Waals surface area contributed by atoms with Crippen LogP contribution < -0.4 is 4.74 Å². The quantitative estimate of drug-likeness (QED) is 0.540. The van der Waals surface area contributed by atoms with Gasteiger partial charge in [0.25, 0.3) is 6.04 Å². The molecule has 0 aliphatic carbocycles. The van der Waals surface area contributed by atoms with Gasteiger partial charge >= 0.3 is 0 Å². The Hall–Kier alpha value is -3.57. The summed E-state index contributed by atoms with van der Waals surface area (Å²) in [5.74, 6) is 1.15. The maximum atomic E-state index is 7.97. The number of hydrogen-bond donors (Lipinski definition) is 1. The van der Waals surface area contributed by atoms with Crippen LogP contribution in [0.1, 0.15) is 22.6 Å². The van der Waals surface area contributed by atoms with Gasteiger partial charge in [-0.2, -0.15) is 13.8 Å². The van der Waals surface area contributed by atoms with Crippen LogP contribution in [0.5, 0.6) is 5.75 Å². The summed E-state index contributed by atoms with van der Waals surface area (Å²) in [6.07, 6.45) is 1.75. The van der Waals surface area contributed by atoms with Gasteiger partial charge in [0.15, 0.2) is 5.82 Å². The van der Waals surface area contributed by atoms with Crippen molar-refractivity contribution in [2.75, 3.05) is 7.11 Å². The zero-order chi connectivity index (χ0) is 19.1. The number of aliphatic imine (C=N–C) groups is 1. The summed E-state index contributed by atoms with van der Waals surface area (Å²) in [7, 11) is 1.62. The van der Waals surface area contributed by atoms with E-state index in [0.29, 0.717) is 11.5 Å². The first-order valence-corrected chi connectivity index (χ1v) is 9.37. The zero-order valence-corrected chi connectivity index (χ0v) is 15.6. The molecule has 1 aliphatic rings. The van der Waals surface area contributed by atoms with Crippen LogP contribution >= 0.6 is 11.7 Å². The summed E-state index contributed by atoms with van der Waals surface area (Å²) in [5.41, 5.74) is 5.07. The molecule has 3 heterocycles. The van der Waals surface area contributed by atoms with Crippen LogP contribution in [0.2, 0.25) is 0 Å². The molecule has 4 aromatic rings. The molecule has 0 fully saturated rings. The minimum Gasteiger partial charge on any atom is -0.497 e. The van der Waals surface area contributed by atoms with Crippen LogP contribution in [-0.4, -0.2) is 37.8 Å². The van der Waals surface area contributed by atoms with Gasteiger partial charge in [-0.05, 0) is 23.8 Å². The van der Waals surface area contributed by atoms with E-state index in [1.54, 1.807) is 13.3 Å². The topological polar surface area (TPSA) is 80.4 Å². The van der Waals surface area contributed by atoms with Gasteiger partial charge in [-0.25, -0.2) is 11.6 Å². The Morgan fingerprint density at radius 3 is 2.89 bits per heavy atom. The number of fused-ring (bicyclic) bond motifs is 2. The Labute approximate surface area is 164 Å². The Morgan fingerprint density at radius 1 is 1.14 bits per heavy atom. The summed E-state index contributed by atoms with van der Waals surface area (Å²) < 4.78 is 14.2. The standard InChI is InChI=1S/C20H14N6OS/c1-21-19-16(13-7-4-8-15-18(13)26-28-25-15)14-10-22-24-20(14)23-17(19)11-5-3-6-12(9-11)27-2/h3-10,16,19H,2H3,(H,22,24). The summed E-state index contributed by atoms with van der Waals surface area (Å²) in [5, 5.41) is 7.15. The molecule has 2 atom stereocenters. The highest BCUT2D eigenvalue weighted by atomic mass is 32.1. The third-order valence-electron chi connectivity index (χ3n) is 4.97. The summed E-state index contributed by atoms with van der Waals surface area (Å²) in [6, 6.07) is 13.0. The Bertz CT molecular complexity index is 1250. The SMILES string of the molecule is [C-]#[N+]C1C(c2cccc(OC)c2)=Nc2[nH]ncc2C1c1cccc2nsnc12. The average molecular weight is 386 g/mol. The van der Waals surface area contributed by atoms with Crippen LogP contribution in [0, 0.1) is 6.57 Å². The molecule has 1 N–H and O–H groups in total.